The summed E-state index contributed by atoms with van der Waals surface area (Å²) in [6, 6.07) is 22.5. The first-order valence-corrected chi connectivity index (χ1v) is 15.2. The summed E-state index contributed by atoms with van der Waals surface area (Å²) in [6.45, 7) is 2.46. The first-order valence-electron chi connectivity index (χ1n) is 15.2. The van der Waals surface area contributed by atoms with E-state index in [-0.39, 0.29) is 29.4 Å². The molecule has 3 N–H and O–H groups in total. The Morgan fingerprint density at radius 3 is 1.98 bits per heavy atom. The minimum Gasteiger partial charge on any atom is -0.508 e. The number of rotatable bonds is 8. The average Bonchev–Trinajstić information content (AvgIpc) is 3.81. The van der Waals surface area contributed by atoms with Gasteiger partial charge in [-0.25, -0.2) is 4.98 Å². The van der Waals surface area contributed by atoms with E-state index in [0.29, 0.717) is 12.3 Å². The summed E-state index contributed by atoms with van der Waals surface area (Å²) in [5, 5.41) is 15.1. The maximum Gasteiger partial charge on any atom is 0.227 e. The molecule has 6 rings (SSSR count). The number of benzene rings is 3. The van der Waals surface area contributed by atoms with Crippen molar-refractivity contribution in [3.63, 3.8) is 0 Å². The molecule has 0 saturated heterocycles. The molecule has 3 aromatic carbocycles. The molecule has 43 heavy (non-hydrogen) atoms. The van der Waals surface area contributed by atoms with Crippen molar-refractivity contribution in [2.75, 3.05) is 10.6 Å². The third-order valence-electron chi connectivity index (χ3n) is 8.11. The molecule has 4 aromatic rings. The number of phenols is 1. The van der Waals surface area contributed by atoms with Gasteiger partial charge in [-0.05, 0) is 74.6 Å². The van der Waals surface area contributed by atoms with Crippen molar-refractivity contribution in [1.29, 1.82) is 0 Å². The fraction of sp³-hybridized carbons (Fsp3) is 0.343. The van der Waals surface area contributed by atoms with Gasteiger partial charge >= 0.3 is 0 Å². The smallest absolute Gasteiger partial charge is 0.227 e. The van der Waals surface area contributed by atoms with Crippen LogP contribution in [0.15, 0.2) is 85.2 Å². The molecule has 0 spiro atoms. The maximum atomic E-state index is 12.3. The number of carbonyl (C=O) groups excluding carboxylic acids is 2. The third kappa shape index (κ3) is 8.47. The molecule has 224 valence electrons. The van der Waals surface area contributed by atoms with Crippen molar-refractivity contribution in [2.45, 2.75) is 64.9 Å². The van der Waals surface area contributed by atoms with E-state index in [1.54, 1.807) is 30.5 Å². The fourth-order valence-corrected chi connectivity index (χ4v) is 5.68. The summed E-state index contributed by atoms with van der Waals surface area (Å²) in [5.41, 5.74) is 3.63. The normalized spacial score (nSPS) is 15.0. The topological polar surface area (TPSA) is 105 Å². The zero-order valence-electron chi connectivity index (χ0n) is 24.7. The van der Waals surface area contributed by atoms with Gasteiger partial charge in [-0.2, -0.15) is 0 Å². The highest BCUT2D eigenvalue weighted by molar-refractivity contribution is 5.93. The van der Waals surface area contributed by atoms with Crippen LogP contribution in [0.4, 0.5) is 11.4 Å². The number of nitrogens with one attached hydrogen (secondary N) is 2. The van der Waals surface area contributed by atoms with E-state index < -0.39 is 0 Å². The van der Waals surface area contributed by atoms with Crippen molar-refractivity contribution in [1.82, 2.24) is 9.55 Å². The van der Waals surface area contributed by atoms with Crippen molar-refractivity contribution in [3.05, 3.63) is 96.6 Å². The van der Waals surface area contributed by atoms with Gasteiger partial charge in [0.15, 0.2) is 0 Å². The molecular weight excluding hydrogens is 540 g/mol. The SMILES string of the molecule is Cc1nccn1-c1ccc(COc2cccc(NC(=O)C3CCCC3)c2)cc1.O=C(Nc1cccc(O)c1)C1CCCC1. The zero-order valence-corrected chi connectivity index (χ0v) is 24.7. The number of hydrogen-bond acceptors (Lipinski definition) is 5. The summed E-state index contributed by atoms with van der Waals surface area (Å²) in [4.78, 5) is 28.3. The van der Waals surface area contributed by atoms with Crippen LogP contribution in [0.2, 0.25) is 0 Å². The van der Waals surface area contributed by atoms with Crippen LogP contribution in [-0.4, -0.2) is 26.5 Å². The Bertz CT molecular complexity index is 1500. The van der Waals surface area contributed by atoms with Gasteiger partial charge in [-0.3, -0.25) is 9.59 Å². The Morgan fingerprint density at radius 1 is 0.837 bits per heavy atom. The van der Waals surface area contributed by atoms with Crippen LogP contribution in [0, 0.1) is 18.8 Å². The molecule has 2 aliphatic carbocycles. The summed E-state index contributed by atoms with van der Waals surface area (Å²) < 4.78 is 7.97. The lowest BCUT2D eigenvalue weighted by atomic mass is 10.1. The third-order valence-corrected chi connectivity index (χ3v) is 8.11. The van der Waals surface area contributed by atoms with Gasteiger partial charge in [0, 0.05) is 53.4 Å². The molecule has 0 bridgehead atoms. The molecule has 0 atom stereocenters. The Morgan fingerprint density at radius 2 is 1.42 bits per heavy atom. The number of aromatic hydroxyl groups is 1. The van der Waals surface area contributed by atoms with Gasteiger partial charge in [-0.15, -0.1) is 0 Å². The second kappa shape index (κ2) is 14.5. The van der Waals surface area contributed by atoms with Gasteiger partial charge in [0.1, 0.15) is 23.9 Å². The number of aryl methyl sites for hydroxylation is 1. The van der Waals surface area contributed by atoms with Crippen LogP contribution in [0.25, 0.3) is 5.69 Å². The predicted octanol–water partition coefficient (Wildman–Crippen LogP) is 7.41. The maximum absolute atomic E-state index is 12.3. The summed E-state index contributed by atoms with van der Waals surface area (Å²) in [6.07, 6.45) is 12.3. The van der Waals surface area contributed by atoms with Crippen LogP contribution in [0.3, 0.4) is 0 Å². The molecule has 1 heterocycles. The fourth-order valence-electron chi connectivity index (χ4n) is 5.68. The number of aromatic nitrogens is 2. The minimum atomic E-state index is 0.0816. The van der Waals surface area contributed by atoms with Gasteiger partial charge in [0.25, 0.3) is 0 Å². The monoisotopic (exact) mass is 580 g/mol. The van der Waals surface area contributed by atoms with E-state index in [2.05, 4.69) is 39.9 Å². The largest absolute Gasteiger partial charge is 0.508 e. The highest BCUT2D eigenvalue weighted by Gasteiger charge is 2.23. The van der Waals surface area contributed by atoms with E-state index in [1.165, 1.54) is 0 Å². The molecular formula is C35H40N4O4. The number of hydrogen-bond donors (Lipinski definition) is 3. The van der Waals surface area contributed by atoms with Crippen molar-refractivity contribution >= 4 is 23.2 Å². The minimum absolute atomic E-state index is 0.0816. The summed E-state index contributed by atoms with van der Waals surface area (Å²) in [5.74, 6) is 2.41. The van der Waals surface area contributed by atoms with E-state index in [9.17, 15) is 14.7 Å². The van der Waals surface area contributed by atoms with Crippen molar-refractivity contribution < 1.29 is 19.4 Å². The quantitative estimate of drug-likeness (QED) is 0.201. The lowest BCUT2D eigenvalue weighted by Crippen LogP contribution is -2.20. The molecule has 8 heteroatoms. The molecule has 0 radical (unpaired) electrons. The van der Waals surface area contributed by atoms with Crippen LogP contribution < -0.4 is 15.4 Å². The van der Waals surface area contributed by atoms with E-state index in [1.807, 2.05) is 42.0 Å². The van der Waals surface area contributed by atoms with Crippen LogP contribution in [0.5, 0.6) is 11.5 Å². The Balaban J connectivity index is 0.000000207. The molecule has 2 amide bonds. The second-order valence-electron chi connectivity index (χ2n) is 11.3. The van der Waals surface area contributed by atoms with Gasteiger partial charge < -0.3 is 25.0 Å². The van der Waals surface area contributed by atoms with Crippen LogP contribution in [-0.2, 0) is 16.2 Å². The number of carbonyl (C=O) groups is 2. The molecule has 0 unspecified atom stereocenters. The zero-order chi connectivity index (χ0) is 30.0. The molecule has 2 fully saturated rings. The van der Waals surface area contributed by atoms with E-state index >= 15 is 0 Å². The number of phenolic OH excluding ortho intramolecular Hbond substituents is 1. The lowest BCUT2D eigenvalue weighted by Gasteiger charge is -2.12. The highest BCUT2D eigenvalue weighted by Crippen LogP contribution is 2.28. The lowest BCUT2D eigenvalue weighted by molar-refractivity contribution is -0.120. The Kier molecular flexibility index (Phi) is 10.1. The highest BCUT2D eigenvalue weighted by atomic mass is 16.5. The number of ether oxygens (including phenoxy) is 1. The Hall–Kier alpha value is -4.59. The standard InChI is InChI=1S/C23H25N3O2.C12H15NO2/c1-17-24-13-14-26(17)21-11-9-18(10-12-21)16-28-22-8-4-7-20(15-22)25-23(27)19-5-2-3-6-19;14-11-7-3-6-10(8-11)13-12(15)9-4-1-2-5-9/h4,7-15,19H,2-3,5-6,16H2,1H3,(H,25,27);3,6-9,14H,1-2,4-5H2,(H,13,15). The molecule has 2 aliphatic rings. The van der Waals surface area contributed by atoms with Crippen molar-refractivity contribution in [3.8, 4) is 17.2 Å². The van der Waals surface area contributed by atoms with Gasteiger partial charge in [0.05, 0.1) is 0 Å². The first-order chi connectivity index (χ1) is 20.9. The average molecular weight is 581 g/mol. The second-order valence-corrected chi connectivity index (χ2v) is 11.3. The van der Waals surface area contributed by atoms with Gasteiger partial charge in [-0.1, -0.05) is 49.9 Å². The summed E-state index contributed by atoms with van der Waals surface area (Å²) in [7, 11) is 0. The summed E-state index contributed by atoms with van der Waals surface area (Å²) >= 11 is 0. The van der Waals surface area contributed by atoms with E-state index in [0.717, 1.165) is 79.9 Å². The molecule has 0 aliphatic heterocycles. The van der Waals surface area contributed by atoms with Crippen LogP contribution in [0.1, 0.15) is 62.8 Å². The number of anilines is 2. The van der Waals surface area contributed by atoms with Crippen LogP contribution >= 0.6 is 0 Å². The van der Waals surface area contributed by atoms with Crippen molar-refractivity contribution in [2.24, 2.45) is 11.8 Å². The molecule has 1 aromatic heterocycles. The molecule has 2 saturated carbocycles. The first kappa shape index (κ1) is 29.9. The number of imidazole rings is 1. The Labute approximate surface area is 253 Å². The predicted molar refractivity (Wildman–Crippen MR) is 168 cm³/mol. The van der Waals surface area contributed by atoms with Gasteiger partial charge in [0.2, 0.25) is 11.8 Å². The number of nitrogens with zero attached hydrogens (tertiary/aromatic N) is 2. The van der Waals surface area contributed by atoms with E-state index in [4.69, 9.17) is 4.74 Å². The molecule has 8 nitrogen and oxygen atoms in total. The number of amides is 2.